The van der Waals surface area contributed by atoms with Crippen molar-refractivity contribution in [3.8, 4) is 5.75 Å². The maximum atomic E-state index is 5.97. The molecule has 0 bridgehead atoms. The Hall–Kier alpha value is -0.540. The maximum Gasteiger partial charge on any atom is 0.120 e. The minimum Gasteiger partial charge on any atom is -0.490 e. The van der Waals surface area contributed by atoms with Crippen LogP contribution in [0.1, 0.15) is 25.8 Å². The number of benzene rings is 1. The van der Waals surface area contributed by atoms with Crippen molar-refractivity contribution in [2.24, 2.45) is 11.1 Å². The summed E-state index contributed by atoms with van der Waals surface area (Å²) in [4.78, 5) is 0. The van der Waals surface area contributed by atoms with Crippen LogP contribution in [0.15, 0.2) is 22.7 Å². The molecule has 1 aromatic rings. The van der Waals surface area contributed by atoms with Gasteiger partial charge in [-0.3, -0.25) is 0 Å². The predicted octanol–water partition coefficient (Wildman–Crippen LogP) is 3.26. The van der Waals surface area contributed by atoms with E-state index >= 15 is 0 Å². The van der Waals surface area contributed by atoms with E-state index in [4.69, 9.17) is 10.5 Å². The van der Waals surface area contributed by atoms with Gasteiger partial charge >= 0.3 is 0 Å². The third kappa shape index (κ3) is 1.98. The molecule has 2 rings (SSSR count). The summed E-state index contributed by atoms with van der Waals surface area (Å²) in [6, 6.07) is 6.34. The molecule has 1 fully saturated rings. The summed E-state index contributed by atoms with van der Waals surface area (Å²) in [5.74, 6) is 0.936. The van der Waals surface area contributed by atoms with Crippen molar-refractivity contribution in [1.82, 2.24) is 0 Å². The number of hydrogen-bond donors (Lipinski definition) is 1. The van der Waals surface area contributed by atoms with Crippen LogP contribution in [0.4, 0.5) is 0 Å². The Bertz CT molecular complexity index is 403. The fourth-order valence-corrected chi connectivity index (χ4v) is 2.22. The van der Waals surface area contributed by atoms with Crippen molar-refractivity contribution in [3.05, 3.63) is 28.2 Å². The first-order valence-electron chi connectivity index (χ1n) is 5.59. The van der Waals surface area contributed by atoms with Crippen LogP contribution in [0.2, 0.25) is 0 Å². The van der Waals surface area contributed by atoms with E-state index in [0.717, 1.165) is 16.6 Å². The highest BCUT2D eigenvalue weighted by Gasteiger charge is 2.47. The molecule has 1 saturated carbocycles. The fraction of sp³-hybridized carbons (Fsp3) is 0.538. The van der Waals surface area contributed by atoms with E-state index in [0.29, 0.717) is 0 Å². The van der Waals surface area contributed by atoms with Crippen molar-refractivity contribution in [2.75, 3.05) is 0 Å². The topological polar surface area (TPSA) is 35.2 Å². The van der Waals surface area contributed by atoms with E-state index in [9.17, 15) is 0 Å². The number of hydrogen-bond acceptors (Lipinski definition) is 2. The number of rotatable bonds is 2. The quantitative estimate of drug-likeness (QED) is 0.904. The van der Waals surface area contributed by atoms with E-state index in [1.807, 2.05) is 12.1 Å². The molecule has 1 aliphatic carbocycles. The van der Waals surface area contributed by atoms with Crippen molar-refractivity contribution in [2.45, 2.75) is 39.3 Å². The number of aryl methyl sites for hydroxylation is 1. The third-order valence-electron chi connectivity index (χ3n) is 3.66. The molecule has 2 unspecified atom stereocenters. The van der Waals surface area contributed by atoms with Crippen LogP contribution in [0, 0.1) is 12.3 Å². The molecule has 0 heterocycles. The van der Waals surface area contributed by atoms with Gasteiger partial charge in [-0.2, -0.15) is 0 Å². The molecule has 0 aliphatic heterocycles. The summed E-state index contributed by atoms with van der Waals surface area (Å²) >= 11 is 3.48. The van der Waals surface area contributed by atoms with Gasteiger partial charge in [0, 0.05) is 22.4 Å². The van der Waals surface area contributed by atoms with Crippen LogP contribution in [0.25, 0.3) is 0 Å². The van der Waals surface area contributed by atoms with Gasteiger partial charge in [0.25, 0.3) is 0 Å². The Morgan fingerprint density at radius 1 is 1.44 bits per heavy atom. The lowest BCUT2D eigenvalue weighted by atomic mass is 9.65. The number of nitrogens with two attached hydrogens (primary N) is 1. The molecule has 0 saturated heterocycles. The van der Waals surface area contributed by atoms with E-state index in [1.165, 1.54) is 5.56 Å². The molecule has 0 radical (unpaired) electrons. The maximum absolute atomic E-state index is 5.97. The molecule has 1 aromatic carbocycles. The van der Waals surface area contributed by atoms with Crippen LogP contribution in [-0.2, 0) is 0 Å². The zero-order chi connectivity index (χ0) is 11.9. The summed E-state index contributed by atoms with van der Waals surface area (Å²) < 4.78 is 7.09. The molecular formula is C13H18BrNO. The molecule has 88 valence electrons. The zero-order valence-electron chi connectivity index (χ0n) is 9.96. The first-order chi connectivity index (χ1) is 7.41. The highest BCUT2D eigenvalue weighted by atomic mass is 79.9. The minimum atomic E-state index is 0.0843. The smallest absolute Gasteiger partial charge is 0.120 e. The van der Waals surface area contributed by atoms with Crippen LogP contribution < -0.4 is 10.5 Å². The highest BCUT2D eigenvalue weighted by Crippen LogP contribution is 2.41. The predicted molar refractivity (Wildman–Crippen MR) is 69.7 cm³/mol. The van der Waals surface area contributed by atoms with Crippen molar-refractivity contribution in [3.63, 3.8) is 0 Å². The molecule has 3 heteroatoms. The standard InChI is InChI=1S/C13H18BrNO/c1-8-6-9(4-5-10(8)14)16-12-7-11(15)13(12,2)3/h4-6,11-12H,7,15H2,1-3H3. The van der Waals surface area contributed by atoms with Gasteiger partial charge in [0.05, 0.1) is 0 Å². The summed E-state index contributed by atoms with van der Waals surface area (Å²) in [7, 11) is 0. The van der Waals surface area contributed by atoms with Crippen LogP contribution in [0.5, 0.6) is 5.75 Å². The second-order valence-electron chi connectivity index (χ2n) is 5.18. The summed E-state index contributed by atoms with van der Waals surface area (Å²) in [6.07, 6.45) is 1.19. The Kier molecular flexibility index (Phi) is 3.01. The Balaban J connectivity index is 2.08. The van der Waals surface area contributed by atoms with Gasteiger partial charge in [0.2, 0.25) is 0 Å². The summed E-state index contributed by atoms with van der Waals surface area (Å²) in [5, 5.41) is 0. The first-order valence-corrected chi connectivity index (χ1v) is 6.39. The molecule has 2 nitrogen and oxygen atoms in total. The molecule has 0 spiro atoms. The zero-order valence-corrected chi connectivity index (χ0v) is 11.5. The molecule has 2 N–H and O–H groups in total. The normalized spacial score (nSPS) is 27.3. The van der Waals surface area contributed by atoms with Gasteiger partial charge in [-0.15, -0.1) is 0 Å². The lowest BCUT2D eigenvalue weighted by Gasteiger charge is -2.49. The van der Waals surface area contributed by atoms with Crippen molar-refractivity contribution < 1.29 is 4.74 Å². The molecule has 1 aliphatic rings. The summed E-state index contributed by atoms with van der Waals surface area (Å²) in [6.45, 7) is 6.39. The van der Waals surface area contributed by atoms with Crippen molar-refractivity contribution >= 4 is 15.9 Å². The van der Waals surface area contributed by atoms with E-state index in [2.05, 4.69) is 42.8 Å². The van der Waals surface area contributed by atoms with Crippen LogP contribution in [0.3, 0.4) is 0 Å². The van der Waals surface area contributed by atoms with Crippen LogP contribution in [-0.4, -0.2) is 12.1 Å². The number of ether oxygens (including phenoxy) is 1. The van der Waals surface area contributed by atoms with Gasteiger partial charge in [0.1, 0.15) is 11.9 Å². The number of halogens is 1. The van der Waals surface area contributed by atoms with Gasteiger partial charge in [0.15, 0.2) is 0 Å². The fourth-order valence-electron chi connectivity index (χ4n) is 1.97. The SMILES string of the molecule is Cc1cc(OC2CC(N)C2(C)C)ccc1Br. The molecule has 0 aromatic heterocycles. The average Bonchev–Trinajstić information content (AvgIpc) is 2.23. The van der Waals surface area contributed by atoms with Crippen molar-refractivity contribution in [1.29, 1.82) is 0 Å². The highest BCUT2D eigenvalue weighted by molar-refractivity contribution is 9.10. The molecule has 2 atom stereocenters. The Morgan fingerprint density at radius 3 is 2.62 bits per heavy atom. The monoisotopic (exact) mass is 283 g/mol. The Morgan fingerprint density at radius 2 is 2.12 bits per heavy atom. The molecule has 16 heavy (non-hydrogen) atoms. The van der Waals surface area contributed by atoms with Gasteiger partial charge in [-0.05, 0) is 30.7 Å². The van der Waals surface area contributed by atoms with Crippen LogP contribution >= 0.6 is 15.9 Å². The Labute approximate surface area is 105 Å². The van der Waals surface area contributed by atoms with E-state index in [-0.39, 0.29) is 17.6 Å². The van der Waals surface area contributed by atoms with Gasteiger partial charge in [-0.1, -0.05) is 29.8 Å². The average molecular weight is 284 g/mol. The van der Waals surface area contributed by atoms with Gasteiger partial charge in [-0.25, -0.2) is 0 Å². The second-order valence-corrected chi connectivity index (χ2v) is 6.04. The molecule has 0 amide bonds. The van der Waals surface area contributed by atoms with E-state index in [1.54, 1.807) is 0 Å². The minimum absolute atomic E-state index is 0.0843. The lowest BCUT2D eigenvalue weighted by Crippen LogP contribution is -2.60. The molecular weight excluding hydrogens is 266 g/mol. The van der Waals surface area contributed by atoms with Gasteiger partial charge < -0.3 is 10.5 Å². The first kappa shape index (κ1) is 11.9. The second kappa shape index (κ2) is 4.04. The summed E-state index contributed by atoms with van der Waals surface area (Å²) in [5.41, 5.74) is 7.24. The third-order valence-corrected chi connectivity index (χ3v) is 4.55. The largest absolute Gasteiger partial charge is 0.490 e. The van der Waals surface area contributed by atoms with E-state index < -0.39 is 0 Å². The lowest BCUT2D eigenvalue weighted by molar-refractivity contribution is -0.0400.